The summed E-state index contributed by atoms with van der Waals surface area (Å²) in [6.07, 6.45) is 0. The van der Waals surface area contributed by atoms with Gasteiger partial charge in [0.15, 0.2) is 13.1 Å². The van der Waals surface area contributed by atoms with Crippen LogP contribution in [0.25, 0.3) is 0 Å². The topological polar surface area (TPSA) is 71.9 Å². The maximum absolute atomic E-state index is 12.2. The lowest BCUT2D eigenvalue weighted by atomic mass is 10.3. The van der Waals surface area contributed by atoms with Crippen molar-refractivity contribution in [3.63, 3.8) is 0 Å². The maximum atomic E-state index is 12.2. The Bertz CT molecular complexity index is 491. The fourth-order valence-corrected chi connectivity index (χ4v) is 2.07. The number of nitrogens with one attached hydrogen (secondary N) is 3. The van der Waals surface area contributed by atoms with Crippen LogP contribution in [0.5, 0.6) is 5.75 Å². The van der Waals surface area contributed by atoms with E-state index in [1.807, 2.05) is 39.0 Å². The number of ether oxygens (including phenoxy) is 1. The lowest BCUT2D eigenvalue weighted by molar-refractivity contribution is -0.881. The van der Waals surface area contributed by atoms with Crippen LogP contribution in [0, 0.1) is 0 Å². The Balaban J connectivity index is 2.59. The first kappa shape index (κ1) is 18.0. The number of amides is 2. The molecule has 6 heteroatoms. The van der Waals surface area contributed by atoms with Crippen LogP contribution in [-0.4, -0.2) is 44.6 Å². The highest BCUT2D eigenvalue weighted by atomic mass is 16.5. The largest absolute Gasteiger partial charge is 0.492 e. The van der Waals surface area contributed by atoms with Gasteiger partial charge in [-0.2, -0.15) is 0 Å². The number of carbonyl (C=O) groups is 2. The van der Waals surface area contributed by atoms with Crippen molar-refractivity contribution in [3.05, 3.63) is 24.3 Å². The van der Waals surface area contributed by atoms with Gasteiger partial charge in [0.2, 0.25) is 0 Å². The van der Waals surface area contributed by atoms with E-state index in [2.05, 4.69) is 10.6 Å². The van der Waals surface area contributed by atoms with Crippen molar-refractivity contribution in [1.29, 1.82) is 0 Å². The molecule has 1 rings (SSSR count). The van der Waals surface area contributed by atoms with Gasteiger partial charge in [-0.05, 0) is 32.9 Å². The van der Waals surface area contributed by atoms with Gasteiger partial charge in [-0.15, -0.1) is 0 Å². The first-order valence-electron chi connectivity index (χ1n) is 7.72. The fraction of sp³-hybridized carbons (Fsp3) is 0.500. The molecule has 0 saturated carbocycles. The third-order valence-corrected chi connectivity index (χ3v) is 3.16. The number of carbonyl (C=O) groups excluding carboxylic acids is 2. The summed E-state index contributed by atoms with van der Waals surface area (Å²) < 4.78 is 5.48. The van der Waals surface area contributed by atoms with E-state index in [0.29, 0.717) is 37.7 Å². The Kier molecular flexibility index (Phi) is 7.99. The number of rotatable bonds is 9. The summed E-state index contributed by atoms with van der Waals surface area (Å²) in [4.78, 5) is 24.7. The zero-order valence-electron chi connectivity index (χ0n) is 13.6. The molecule has 0 bridgehead atoms. The molecule has 0 fully saturated rings. The summed E-state index contributed by atoms with van der Waals surface area (Å²) >= 11 is 0. The third kappa shape index (κ3) is 6.13. The second-order valence-corrected chi connectivity index (χ2v) is 4.89. The van der Waals surface area contributed by atoms with Gasteiger partial charge in [0, 0.05) is 6.54 Å². The minimum atomic E-state index is -0.131. The average Bonchev–Trinajstić information content (AvgIpc) is 2.49. The highest BCUT2D eigenvalue weighted by molar-refractivity contribution is 5.93. The Hall–Kier alpha value is -2.08. The molecule has 0 saturated heterocycles. The van der Waals surface area contributed by atoms with Gasteiger partial charge in [0.25, 0.3) is 11.8 Å². The van der Waals surface area contributed by atoms with Crippen LogP contribution in [0.4, 0.5) is 5.69 Å². The van der Waals surface area contributed by atoms with Gasteiger partial charge in [0.05, 0.1) is 18.8 Å². The van der Waals surface area contributed by atoms with Gasteiger partial charge in [-0.3, -0.25) is 9.59 Å². The van der Waals surface area contributed by atoms with Gasteiger partial charge in [-0.1, -0.05) is 12.1 Å². The Labute approximate surface area is 131 Å². The first-order valence-corrected chi connectivity index (χ1v) is 7.72. The van der Waals surface area contributed by atoms with E-state index < -0.39 is 0 Å². The van der Waals surface area contributed by atoms with Crippen molar-refractivity contribution in [1.82, 2.24) is 5.32 Å². The van der Waals surface area contributed by atoms with Gasteiger partial charge < -0.3 is 20.3 Å². The number of benzene rings is 1. The lowest BCUT2D eigenvalue weighted by Crippen LogP contribution is -3.14. The first-order chi connectivity index (χ1) is 10.6. The second-order valence-electron chi connectivity index (χ2n) is 4.89. The van der Waals surface area contributed by atoms with Crippen molar-refractivity contribution in [3.8, 4) is 5.75 Å². The number of quaternary nitrogens is 1. The zero-order valence-corrected chi connectivity index (χ0v) is 13.6. The summed E-state index contributed by atoms with van der Waals surface area (Å²) in [5, 5.41) is 5.60. The molecule has 0 aliphatic carbocycles. The molecule has 6 nitrogen and oxygen atoms in total. The average molecular weight is 308 g/mol. The van der Waals surface area contributed by atoms with Crippen molar-refractivity contribution in [2.75, 3.05) is 38.1 Å². The predicted molar refractivity (Wildman–Crippen MR) is 86.2 cm³/mol. The quantitative estimate of drug-likeness (QED) is 0.604. The van der Waals surface area contributed by atoms with Crippen LogP contribution >= 0.6 is 0 Å². The minimum absolute atomic E-state index is 0.0399. The summed E-state index contributed by atoms with van der Waals surface area (Å²) in [6, 6.07) is 7.33. The summed E-state index contributed by atoms with van der Waals surface area (Å²) in [5.74, 6) is 0.482. The molecule has 0 spiro atoms. The van der Waals surface area contributed by atoms with E-state index in [4.69, 9.17) is 4.74 Å². The molecule has 3 N–H and O–H groups in total. The minimum Gasteiger partial charge on any atom is -0.492 e. The number of hydrogen-bond acceptors (Lipinski definition) is 3. The van der Waals surface area contributed by atoms with Crippen LogP contribution in [0.15, 0.2) is 24.3 Å². The second kappa shape index (κ2) is 9.78. The summed E-state index contributed by atoms with van der Waals surface area (Å²) in [5.41, 5.74) is 0.655. The molecule has 0 aromatic heterocycles. The van der Waals surface area contributed by atoms with E-state index >= 15 is 0 Å². The van der Waals surface area contributed by atoms with Gasteiger partial charge in [-0.25, -0.2) is 0 Å². The monoisotopic (exact) mass is 308 g/mol. The number of anilines is 1. The Morgan fingerprint density at radius 3 is 2.41 bits per heavy atom. The van der Waals surface area contributed by atoms with E-state index in [1.54, 1.807) is 6.07 Å². The van der Waals surface area contributed by atoms with E-state index in [1.165, 1.54) is 0 Å². The predicted octanol–water partition coefficient (Wildman–Crippen LogP) is 0.0647. The van der Waals surface area contributed by atoms with Crippen LogP contribution in [-0.2, 0) is 9.59 Å². The SMILES string of the molecule is CCNC(=O)C[NH+](CC)CC(=O)Nc1ccccc1OCC. The molecule has 2 amide bonds. The Morgan fingerprint density at radius 2 is 1.77 bits per heavy atom. The van der Waals surface area contributed by atoms with Crippen LogP contribution in [0.1, 0.15) is 20.8 Å². The molecular weight excluding hydrogens is 282 g/mol. The number of para-hydroxylation sites is 2. The lowest BCUT2D eigenvalue weighted by Gasteiger charge is -2.17. The molecule has 0 aliphatic rings. The standard InChI is InChI=1S/C16H25N3O3/c1-4-17-15(20)11-19(5-2)12-16(21)18-13-9-7-8-10-14(13)22-6-3/h7-10H,4-6,11-12H2,1-3H3,(H,17,20)(H,18,21)/p+1. The summed E-state index contributed by atoms with van der Waals surface area (Å²) in [7, 11) is 0. The van der Waals surface area contributed by atoms with E-state index in [-0.39, 0.29) is 18.4 Å². The molecule has 1 aromatic rings. The molecule has 1 aromatic carbocycles. The number of hydrogen-bond donors (Lipinski definition) is 3. The molecule has 22 heavy (non-hydrogen) atoms. The molecule has 1 atom stereocenters. The van der Waals surface area contributed by atoms with Gasteiger partial charge in [0.1, 0.15) is 5.75 Å². The maximum Gasteiger partial charge on any atom is 0.279 e. The number of likely N-dealkylation sites (N-methyl/N-ethyl adjacent to an activating group) is 2. The van der Waals surface area contributed by atoms with Crippen molar-refractivity contribution in [2.45, 2.75) is 20.8 Å². The van der Waals surface area contributed by atoms with Crippen LogP contribution < -0.4 is 20.3 Å². The van der Waals surface area contributed by atoms with Crippen LogP contribution in [0.3, 0.4) is 0 Å². The molecule has 0 aliphatic heterocycles. The van der Waals surface area contributed by atoms with E-state index in [9.17, 15) is 9.59 Å². The molecular formula is C16H26N3O3+. The van der Waals surface area contributed by atoms with Crippen molar-refractivity contribution < 1.29 is 19.2 Å². The Morgan fingerprint density at radius 1 is 1.09 bits per heavy atom. The highest BCUT2D eigenvalue weighted by Crippen LogP contribution is 2.23. The van der Waals surface area contributed by atoms with Crippen LogP contribution in [0.2, 0.25) is 0 Å². The third-order valence-electron chi connectivity index (χ3n) is 3.16. The normalized spacial score (nSPS) is 11.6. The van der Waals surface area contributed by atoms with E-state index in [0.717, 1.165) is 4.90 Å². The fourth-order valence-electron chi connectivity index (χ4n) is 2.07. The van der Waals surface area contributed by atoms with Gasteiger partial charge >= 0.3 is 0 Å². The summed E-state index contributed by atoms with van der Waals surface area (Å²) in [6.45, 7) is 8.11. The molecule has 122 valence electrons. The van der Waals surface area contributed by atoms with Crippen molar-refractivity contribution in [2.24, 2.45) is 0 Å². The zero-order chi connectivity index (χ0) is 16.4. The molecule has 0 radical (unpaired) electrons. The molecule has 1 unspecified atom stereocenters. The van der Waals surface area contributed by atoms with Crippen molar-refractivity contribution >= 4 is 17.5 Å². The highest BCUT2D eigenvalue weighted by Gasteiger charge is 2.17. The smallest absolute Gasteiger partial charge is 0.279 e. The molecule has 0 heterocycles.